The summed E-state index contributed by atoms with van der Waals surface area (Å²) in [5.74, 6) is -0.237. The van der Waals surface area contributed by atoms with Crippen LogP contribution in [0.1, 0.15) is 12.0 Å². The number of nitro benzene ring substituents is 1. The van der Waals surface area contributed by atoms with E-state index in [1.165, 1.54) is 11.0 Å². The van der Waals surface area contributed by atoms with Crippen LogP contribution in [0.3, 0.4) is 0 Å². The van der Waals surface area contributed by atoms with E-state index in [0.29, 0.717) is 12.1 Å². The van der Waals surface area contributed by atoms with E-state index in [2.05, 4.69) is 0 Å². The van der Waals surface area contributed by atoms with E-state index in [0.717, 1.165) is 0 Å². The van der Waals surface area contributed by atoms with Crippen LogP contribution in [0.25, 0.3) is 0 Å². The molecule has 0 heterocycles. The monoisotopic (exact) mass is 247 g/mol. The number of nitriles is 1. The first kappa shape index (κ1) is 13.6. The van der Waals surface area contributed by atoms with Crippen molar-refractivity contribution in [3.63, 3.8) is 0 Å². The number of hydrogen-bond acceptors (Lipinski definition) is 4. The molecule has 1 amide bonds. The third-order valence-corrected chi connectivity index (χ3v) is 2.51. The van der Waals surface area contributed by atoms with Gasteiger partial charge in [-0.05, 0) is 0 Å². The zero-order chi connectivity index (χ0) is 13.5. The quantitative estimate of drug-likeness (QED) is 0.582. The first-order valence-corrected chi connectivity index (χ1v) is 5.39. The van der Waals surface area contributed by atoms with Crippen LogP contribution >= 0.6 is 0 Å². The normalized spacial score (nSPS) is 9.56. The summed E-state index contributed by atoms with van der Waals surface area (Å²) >= 11 is 0. The Morgan fingerprint density at radius 3 is 2.78 bits per heavy atom. The van der Waals surface area contributed by atoms with Gasteiger partial charge in [0.15, 0.2) is 0 Å². The van der Waals surface area contributed by atoms with Gasteiger partial charge in [0.05, 0.1) is 23.8 Å². The summed E-state index contributed by atoms with van der Waals surface area (Å²) in [6, 6.07) is 8.10. The highest BCUT2D eigenvalue weighted by Gasteiger charge is 2.17. The lowest BCUT2D eigenvalue weighted by atomic mass is 10.1. The summed E-state index contributed by atoms with van der Waals surface area (Å²) < 4.78 is 0. The number of rotatable bonds is 5. The minimum atomic E-state index is -0.502. The Kier molecular flexibility index (Phi) is 4.81. The van der Waals surface area contributed by atoms with Crippen molar-refractivity contribution in [2.75, 3.05) is 13.6 Å². The lowest BCUT2D eigenvalue weighted by Gasteiger charge is -2.15. The molecule has 0 saturated heterocycles. The first-order chi connectivity index (χ1) is 8.56. The third kappa shape index (κ3) is 3.56. The van der Waals surface area contributed by atoms with Crippen molar-refractivity contribution in [3.8, 4) is 6.07 Å². The fourth-order valence-electron chi connectivity index (χ4n) is 1.48. The number of carbonyl (C=O) groups is 1. The van der Waals surface area contributed by atoms with Gasteiger partial charge in [0.1, 0.15) is 0 Å². The molecule has 0 saturated carbocycles. The van der Waals surface area contributed by atoms with Crippen LogP contribution in [0.4, 0.5) is 5.69 Å². The number of benzene rings is 1. The molecule has 0 unspecified atom stereocenters. The molecule has 0 atom stereocenters. The van der Waals surface area contributed by atoms with Gasteiger partial charge in [0, 0.05) is 25.2 Å². The molecule has 6 nitrogen and oxygen atoms in total. The molecule has 0 radical (unpaired) electrons. The number of likely N-dealkylation sites (N-methyl/N-ethyl adjacent to an activating group) is 1. The van der Waals surface area contributed by atoms with Crippen LogP contribution in [-0.2, 0) is 11.2 Å². The van der Waals surface area contributed by atoms with Crippen molar-refractivity contribution in [1.82, 2.24) is 4.90 Å². The van der Waals surface area contributed by atoms with Gasteiger partial charge in [0.25, 0.3) is 5.69 Å². The Hall–Kier alpha value is -2.42. The van der Waals surface area contributed by atoms with E-state index >= 15 is 0 Å². The summed E-state index contributed by atoms with van der Waals surface area (Å²) in [6.45, 7) is 0.329. The highest BCUT2D eigenvalue weighted by molar-refractivity contribution is 5.79. The topological polar surface area (TPSA) is 87.2 Å². The lowest BCUT2D eigenvalue weighted by molar-refractivity contribution is -0.385. The summed E-state index contributed by atoms with van der Waals surface area (Å²) in [4.78, 5) is 23.5. The van der Waals surface area contributed by atoms with Crippen LogP contribution in [0.2, 0.25) is 0 Å². The zero-order valence-corrected chi connectivity index (χ0v) is 10.00. The number of nitrogens with zero attached hydrogens (tertiary/aromatic N) is 3. The largest absolute Gasteiger partial charge is 0.344 e. The Balaban J connectivity index is 2.76. The van der Waals surface area contributed by atoms with Crippen molar-refractivity contribution in [1.29, 1.82) is 5.26 Å². The molecule has 94 valence electrons. The molecule has 0 spiro atoms. The second kappa shape index (κ2) is 6.35. The SMILES string of the molecule is CN(CCC#N)C(=O)Cc1ccccc1[N+](=O)[O-]. The standard InChI is InChI=1S/C12H13N3O3/c1-14(8-4-7-13)12(16)9-10-5-2-3-6-11(10)15(17)18/h2-3,5-6H,4,8-9H2,1H3. The maximum atomic E-state index is 11.8. The van der Waals surface area contributed by atoms with Gasteiger partial charge in [0.2, 0.25) is 5.91 Å². The van der Waals surface area contributed by atoms with E-state index in [1.54, 1.807) is 25.2 Å². The van der Waals surface area contributed by atoms with E-state index < -0.39 is 4.92 Å². The number of amides is 1. The molecule has 0 aliphatic heterocycles. The zero-order valence-electron chi connectivity index (χ0n) is 10.00. The highest BCUT2D eigenvalue weighted by atomic mass is 16.6. The van der Waals surface area contributed by atoms with E-state index in [-0.39, 0.29) is 24.4 Å². The van der Waals surface area contributed by atoms with Gasteiger partial charge in [-0.15, -0.1) is 0 Å². The molecule has 0 aliphatic carbocycles. The maximum Gasteiger partial charge on any atom is 0.273 e. The van der Waals surface area contributed by atoms with Crippen LogP contribution in [0, 0.1) is 21.4 Å². The Morgan fingerprint density at radius 2 is 2.17 bits per heavy atom. The van der Waals surface area contributed by atoms with Gasteiger partial charge in [-0.3, -0.25) is 14.9 Å². The molecular formula is C12H13N3O3. The van der Waals surface area contributed by atoms with Crippen LogP contribution in [0.15, 0.2) is 24.3 Å². The fraction of sp³-hybridized carbons (Fsp3) is 0.333. The average Bonchev–Trinajstić information content (AvgIpc) is 2.36. The molecule has 0 N–H and O–H groups in total. The Bertz CT molecular complexity index is 494. The number of para-hydroxylation sites is 1. The molecule has 1 rings (SSSR count). The van der Waals surface area contributed by atoms with Crippen LogP contribution < -0.4 is 0 Å². The van der Waals surface area contributed by atoms with Crippen molar-refractivity contribution in [3.05, 3.63) is 39.9 Å². The summed E-state index contributed by atoms with van der Waals surface area (Å²) in [5, 5.41) is 19.2. The number of hydrogen-bond donors (Lipinski definition) is 0. The maximum absolute atomic E-state index is 11.8. The smallest absolute Gasteiger partial charge is 0.273 e. The molecule has 0 aromatic heterocycles. The predicted octanol–water partition coefficient (Wildman–Crippen LogP) is 1.51. The van der Waals surface area contributed by atoms with Crippen LogP contribution in [-0.4, -0.2) is 29.3 Å². The van der Waals surface area contributed by atoms with Gasteiger partial charge in [-0.1, -0.05) is 18.2 Å². The first-order valence-electron chi connectivity index (χ1n) is 5.39. The predicted molar refractivity (Wildman–Crippen MR) is 64.7 cm³/mol. The van der Waals surface area contributed by atoms with Crippen molar-refractivity contribution >= 4 is 11.6 Å². The van der Waals surface area contributed by atoms with Crippen molar-refractivity contribution in [2.24, 2.45) is 0 Å². The molecule has 18 heavy (non-hydrogen) atoms. The minimum Gasteiger partial charge on any atom is -0.344 e. The lowest BCUT2D eigenvalue weighted by Crippen LogP contribution is -2.29. The summed E-state index contributed by atoms with van der Waals surface area (Å²) in [5.41, 5.74) is 0.329. The highest BCUT2D eigenvalue weighted by Crippen LogP contribution is 2.18. The molecule has 0 bridgehead atoms. The van der Waals surface area contributed by atoms with Gasteiger partial charge in [-0.25, -0.2) is 0 Å². The van der Waals surface area contributed by atoms with Crippen molar-refractivity contribution in [2.45, 2.75) is 12.8 Å². The van der Waals surface area contributed by atoms with Gasteiger partial charge in [-0.2, -0.15) is 5.26 Å². The minimum absolute atomic E-state index is 0.0287. The third-order valence-electron chi connectivity index (χ3n) is 2.51. The second-order valence-corrected chi connectivity index (χ2v) is 3.79. The molecule has 1 aromatic carbocycles. The van der Waals surface area contributed by atoms with Crippen LogP contribution in [0.5, 0.6) is 0 Å². The molecule has 6 heteroatoms. The number of nitro groups is 1. The Morgan fingerprint density at radius 1 is 1.50 bits per heavy atom. The molecule has 1 aromatic rings. The summed E-state index contributed by atoms with van der Waals surface area (Å²) in [7, 11) is 1.58. The molecular weight excluding hydrogens is 234 g/mol. The van der Waals surface area contributed by atoms with Gasteiger partial charge < -0.3 is 4.90 Å². The Labute approximate surface area is 105 Å². The average molecular weight is 247 g/mol. The molecule has 0 fully saturated rings. The van der Waals surface area contributed by atoms with E-state index in [1.807, 2.05) is 6.07 Å². The van der Waals surface area contributed by atoms with Crippen molar-refractivity contribution < 1.29 is 9.72 Å². The van der Waals surface area contributed by atoms with E-state index in [9.17, 15) is 14.9 Å². The number of carbonyl (C=O) groups excluding carboxylic acids is 1. The fourth-order valence-corrected chi connectivity index (χ4v) is 1.48. The van der Waals surface area contributed by atoms with Gasteiger partial charge >= 0.3 is 0 Å². The summed E-state index contributed by atoms with van der Waals surface area (Å²) in [6.07, 6.45) is 0.220. The molecule has 0 aliphatic rings. The second-order valence-electron chi connectivity index (χ2n) is 3.79. The van der Waals surface area contributed by atoms with E-state index in [4.69, 9.17) is 5.26 Å².